The lowest BCUT2D eigenvalue weighted by Gasteiger charge is -2.36. The largest absolute Gasteiger partial charge is 0.368 e. The molecule has 2 aromatic rings. The summed E-state index contributed by atoms with van der Waals surface area (Å²) in [6, 6.07) is 10.7. The number of hydrogen-bond acceptors (Lipinski definition) is 3. The quantitative estimate of drug-likeness (QED) is 0.868. The van der Waals surface area contributed by atoms with Crippen LogP contribution in [0.4, 0.5) is 5.69 Å². The molecule has 0 atom stereocenters. The van der Waals surface area contributed by atoms with Crippen LogP contribution in [0.1, 0.15) is 16.0 Å². The van der Waals surface area contributed by atoms with E-state index in [-0.39, 0.29) is 5.91 Å². The third-order valence-corrected chi connectivity index (χ3v) is 5.27. The van der Waals surface area contributed by atoms with Crippen LogP contribution in [-0.4, -0.2) is 37.0 Å². The van der Waals surface area contributed by atoms with E-state index in [0.29, 0.717) is 6.42 Å². The standard InChI is InChI=1S/C18H22N2OS/c1-14-5-6-16(12-15(14)2)19-7-9-20(10-8-19)18(21)13-17-4-3-11-22-17/h3-6,11-12H,7-10,13H2,1-2H3. The Labute approximate surface area is 136 Å². The van der Waals surface area contributed by atoms with Gasteiger partial charge in [0.05, 0.1) is 6.42 Å². The Balaban J connectivity index is 1.57. The molecule has 0 bridgehead atoms. The molecule has 0 aliphatic carbocycles. The molecule has 1 saturated heterocycles. The van der Waals surface area contributed by atoms with Crippen molar-refractivity contribution in [2.24, 2.45) is 0 Å². The third kappa shape index (κ3) is 3.33. The first kappa shape index (κ1) is 15.1. The number of hydrogen-bond donors (Lipinski definition) is 0. The first-order chi connectivity index (χ1) is 10.6. The Morgan fingerprint density at radius 3 is 2.50 bits per heavy atom. The fourth-order valence-electron chi connectivity index (χ4n) is 2.81. The maximum Gasteiger partial charge on any atom is 0.227 e. The number of anilines is 1. The van der Waals surface area contributed by atoms with Crippen LogP contribution in [0.15, 0.2) is 35.7 Å². The second-order valence-corrected chi connectivity index (χ2v) is 6.92. The van der Waals surface area contributed by atoms with Gasteiger partial charge in [0.15, 0.2) is 0 Å². The van der Waals surface area contributed by atoms with Gasteiger partial charge in [0, 0.05) is 36.7 Å². The molecule has 1 aromatic heterocycles. The molecule has 1 amide bonds. The van der Waals surface area contributed by atoms with Crippen molar-refractivity contribution in [3.63, 3.8) is 0 Å². The minimum absolute atomic E-state index is 0.252. The zero-order valence-electron chi connectivity index (χ0n) is 13.2. The predicted molar refractivity (Wildman–Crippen MR) is 92.7 cm³/mol. The number of carbonyl (C=O) groups is 1. The third-order valence-electron chi connectivity index (χ3n) is 4.39. The van der Waals surface area contributed by atoms with E-state index in [4.69, 9.17) is 0 Å². The van der Waals surface area contributed by atoms with Crippen LogP contribution < -0.4 is 4.90 Å². The van der Waals surface area contributed by atoms with E-state index in [1.807, 2.05) is 22.4 Å². The Hall–Kier alpha value is -1.81. The second-order valence-electron chi connectivity index (χ2n) is 5.89. The molecule has 116 valence electrons. The smallest absolute Gasteiger partial charge is 0.227 e. The van der Waals surface area contributed by atoms with E-state index in [1.165, 1.54) is 16.8 Å². The highest BCUT2D eigenvalue weighted by Crippen LogP contribution is 2.20. The lowest BCUT2D eigenvalue weighted by atomic mass is 10.1. The molecule has 22 heavy (non-hydrogen) atoms. The summed E-state index contributed by atoms with van der Waals surface area (Å²) >= 11 is 1.66. The predicted octanol–water partition coefficient (Wildman–Crippen LogP) is 3.26. The van der Waals surface area contributed by atoms with Gasteiger partial charge in [-0.25, -0.2) is 0 Å². The Kier molecular flexibility index (Phi) is 4.48. The average Bonchev–Trinajstić information content (AvgIpc) is 3.03. The van der Waals surface area contributed by atoms with Crippen molar-refractivity contribution in [3.8, 4) is 0 Å². The molecule has 1 fully saturated rings. The molecular weight excluding hydrogens is 292 g/mol. The molecule has 4 heteroatoms. The van der Waals surface area contributed by atoms with Crippen molar-refractivity contribution in [3.05, 3.63) is 51.7 Å². The second kappa shape index (κ2) is 6.53. The van der Waals surface area contributed by atoms with E-state index in [0.717, 1.165) is 31.1 Å². The van der Waals surface area contributed by atoms with Crippen LogP contribution in [0.25, 0.3) is 0 Å². The summed E-state index contributed by atoms with van der Waals surface area (Å²) in [5.41, 5.74) is 3.93. The van der Waals surface area contributed by atoms with Gasteiger partial charge in [-0.15, -0.1) is 11.3 Å². The van der Waals surface area contributed by atoms with E-state index >= 15 is 0 Å². The van der Waals surface area contributed by atoms with Crippen molar-refractivity contribution in [2.45, 2.75) is 20.3 Å². The Morgan fingerprint density at radius 2 is 1.86 bits per heavy atom. The molecular formula is C18H22N2OS. The highest BCUT2D eigenvalue weighted by molar-refractivity contribution is 7.10. The highest BCUT2D eigenvalue weighted by atomic mass is 32.1. The normalized spacial score (nSPS) is 15.2. The zero-order valence-corrected chi connectivity index (χ0v) is 14.0. The number of thiophene rings is 1. The summed E-state index contributed by atoms with van der Waals surface area (Å²) in [5.74, 6) is 0.252. The topological polar surface area (TPSA) is 23.6 Å². The molecule has 0 radical (unpaired) electrons. The minimum atomic E-state index is 0.252. The SMILES string of the molecule is Cc1ccc(N2CCN(C(=O)Cc3cccs3)CC2)cc1C. The van der Waals surface area contributed by atoms with Crippen molar-refractivity contribution in [1.82, 2.24) is 4.90 Å². The number of carbonyl (C=O) groups excluding carboxylic acids is 1. The van der Waals surface area contributed by atoms with Crippen LogP contribution >= 0.6 is 11.3 Å². The van der Waals surface area contributed by atoms with Gasteiger partial charge in [0.25, 0.3) is 0 Å². The molecule has 1 aliphatic rings. The fourth-order valence-corrected chi connectivity index (χ4v) is 3.51. The summed E-state index contributed by atoms with van der Waals surface area (Å²) < 4.78 is 0. The Morgan fingerprint density at radius 1 is 1.09 bits per heavy atom. The monoisotopic (exact) mass is 314 g/mol. The highest BCUT2D eigenvalue weighted by Gasteiger charge is 2.21. The molecule has 3 nitrogen and oxygen atoms in total. The van der Waals surface area contributed by atoms with Crippen molar-refractivity contribution in [2.75, 3.05) is 31.1 Å². The number of rotatable bonds is 3. The summed E-state index contributed by atoms with van der Waals surface area (Å²) in [4.78, 5) is 17.8. The number of aryl methyl sites for hydroxylation is 2. The Bertz CT molecular complexity index is 643. The van der Waals surface area contributed by atoms with Crippen LogP contribution in [0.5, 0.6) is 0 Å². The molecule has 2 heterocycles. The van der Waals surface area contributed by atoms with Crippen molar-refractivity contribution < 1.29 is 4.79 Å². The maximum absolute atomic E-state index is 12.3. The van der Waals surface area contributed by atoms with Gasteiger partial charge in [0.1, 0.15) is 0 Å². The van der Waals surface area contributed by atoms with Crippen LogP contribution in [0.3, 0.4) is 0 Å². The summed E-state index contributed by atoms with van der Waals surface area (Å²) in [6.45, 7) is 7.76. The minimum Gasteiger partial charge on any atom is -0.368 e. The number of nitrogens with zero attached hydrogens (tertiary/aromatic N) is 2. The van der Waals surface area contributed by atoms with Crippen molar-refractivity contribution >= 4 is 22.9 Å². The number of piperazine rings is 1. The maximum atomic E-state index is 12.3. The number of amides is 1. The van der Waals surface area contributed by atoms with Gasteiger partial charge in [-0.2, -0.15) is 0 Å². The van der Waals surface area contributed by atoms with E-state index in [9.17, 15) is 4.79 Å². The van der Waals surface area contributed by atoms with E-state index in [1.54, 1.807) is 11.3 Å². The molecule has 3 rings (SSSR count). The van der Waals surface area contributed by atoms with Gasteiger partial charge in [-0.3, -0.25) is 4.79 Å². The summed E-state index contributed by atoms with van der Waals surface area (Å²) in [5, 5.41) is 2.03. The van der Waals surface area contributed by atoms with Crippen LogP contribution in [-0.2, 0) is 11.2 Å². The van der Waals surface area contributed by atoms with E-state index < -0.39 is 0 Å². The lowest BCUT2D eigenvalue weighted by Crippen LogP contribution is -2.49. The van der Waals surface area contributed by atoms with Crippen LogP contribution in [0, 0.1) is 13.8 Å². The van der Waals surface area contributed by atoms with Gasteiger partial charge in [0.2, 0.25) is 5.91 Å². The zero-order chi connectivity index (χ0) is 15.5. The molecule has 0 spiro atoms. The fraction of sp³-hybridized carbons (Fsp3) is 0.389. The van der Waals surface area contributed by atoms with Gasteiger partial charge < -0.3 is 9.80 Å². The molecule has 0 N–H and O–H groups in total. The first-order valence-electron chi connectivity index (χ1n) is 7.76. The average molecular weight is 314 g/mol. The van der Waals surface area contributed by atoms with E-state index in [2.05, 4.69) is 36.9 Å². The van der Waals surface area contributed by atoms with Gasteiger partial charge >= 0.3 is 0 Å². The molecule has 1 aliphatic heterocycles. The molecule has 0 unspecified atom stereocenters. The molecule has 1 aromatic carbocycles. The summed E-state index contributed by atoms with van der Waals surface area (Å²) in [7, 11) is 0. The van der Waals surface area contributed by atoms with Crippen molar-refractivity contribution in [1.29, 1.82) is 0 Å². The van der Waals surface area contributed by atoms with Crippen LogP contribution in [0.2, 0.25) is 0 Å². The molecule has 0 saturated carbocycles. The summed E-state index contributed by atoms with van der Waals surface area (Å²) in [6.07, 6.45) is 0.543. The first-order valence-corrected chi connectivity index (χ1v) is 8.64. The number of benzene rings is 1. The lowest BCUT2D eigenvalue weighted by molar-refractivity contribution is -0.130. The van der Waals surface area contributed by atoms with Gasteiger partial charge in [-0.1, -0.05) is 12.1 Å². The van der Waals surface area contributed by atoms with Gasteiger partial charge in [-0.05, 0) is 48.6 Å².